The first-order chi connectivity index (χ1) is 13.4. The summed E-state index contributed by atoms with van der Waals surface area (Å²) in [6.45, 7) is 1.13. The number of benzene rings is 2. The quantitative estimate of drug-likeness (QED) is 0.590. The Hall–Kier alpha value is -1.64. The normalized spacial score (nSPS) is 15.9. The SMILES string of the molecule is O=C(c1sc2cc(Cl)ccc2c1Cl)N1CCN(S(=O)(=O)c2ccccc2)CC1. The van der Waals surface area contributed by atoms with E-state index in [1.54, 1.807) is 53.4 Å². The summed E-state index contributed by atoms with van der Waals surface area (Å²) in [5.41, 5.74) is 0. The molecule has 4 rings (SSSR count). The Bertz CT molecular complexity index is 1140. The molecule has 9 heteroatoms. The molecule has 0 saturated carbocycles. The first-order valence-electron chi connectivity index (χ1n) is 8.60. The van der Waals surface area contributed by atoms with Crippen LogP contribution >= 0.6 is 34.5 Å². The number of carbonyl (C=O) groups excluding carboxylic acids is 1. The van der Waals surface area contributed by atoms with E-state index in [0.29, 0.717) is 28.0 Å². The Balaban J connectivity index is 1.51. The minimum absolute atomic E-state index is 0.181. The molecule has 1 amide bonds. The summed E-state index contributed by atoms with van der Waals surface area (Å²) in [5.74, 6) is -0.181. The second kappa shape index (κ2) is 7.65. The van der Waals surface area contributed by atoms with Crippen molar-refractivity contribution in [1.82, 2.24) is 9.21 Å². The van der Waals surface area contributed by atoms with Gasteiger partial charge in [0.2, 0.25) is 10.0 Å². The second-order valence-corrected chi connectivity index (χ2v) is 10.2. The van der Waals surface area contributed by atoms with Gasteiger partial charge >= 0.3 is 0 Å². The third-order valence-corrected chi connectivity index (χ3v) is 8.49. The molecule has 1 aliphatic heterocycles. The monoisotopic (exact) mass is 454 g/mol. The number of piperazine rings is 1. The molecule has 1 saturated heterocycles. The molecule has 0 bridgehead atoms. The standard InChI is InChI=1S/C19H16Cl2N2O3S2/c20-13-6-7-15-16(12-13)27-18(17(15)21)19(24)22-8-10-23(11-9-22)28(25,26)14-4-2-1-3-5-14/h1-7,12H,8-11H2. The van der Waals surface area contributed by atoms with Crippen LogP contribution in [-0.4, -0.2) is 49.7 Å². The number of hydrogen-bond donors (Lipinski definition) is 0. The highest BCUT2D eigenvalue weighted by Gasteiger charge is 2.31. The van der Waals surface area contributed by atoms with Gasteiger partial charge in [0.05, 0.1) is 9.92 Å². The van der Waals surface area contributed by atoms with Crippen LogP contribution in [0.4, 0.5) is 0 Å². The molecule has 0 atom stereocenters. The van der Waals surface area contributed by atoms with Crippen molar-refractivity contribution >= 4 is 60.6 Å². The molecule has 1 aromatic heterocycles. The van der Waals surface area contributed by atoms with E-state index in [-0.39, 0.29) is 23.9 Å². The number of fused-ring (bicyclic) bond motifs is 1. The minimum Gasteiger partial charge on any atom is -0.335 e. The van der Waals surface area contributed by atoms with E-state index < -0.39 is 10.0 Å². The Morgan fingerprint density at radius 3 is 2.32 bits per heavy atom. The fourth-order valence-corrected chi connectivity index (χ4v) is 6.39. The number of hydrogen-bond acceptors (Lipinski definition) is 4. The van der Waals surface area contributed by atoms with Crippen LogP contribution in [0.5, 0.6) is 0 Å². The van der Waals surface area contributed by atoms with Crippen molar-refractivity contribution in [2.75, 3.05) is 26.2 Å². The maximum atomic E-state index is 13.0. The minimum atomic E-state index is -3.55. The van der Waals surface area contributed by atoms with Crippen LogP contribution in [0.2, 0.25) is 10.0 Å². The fraction of sp³-hybridized carbons (Fsp3) is 0.211. The molecule has 146 valence electrons. The lowest BCUT2D eigenvalue weighted by atomic mass is 10.2. The zero-order valence-electron chi connectivity index (χ0n) is 14.6. The van der Waals surface area contributed by atoms with Crippen LogP contribution in [0.3, 0.4) is 0 Å². The van der Waals surface area contributed by atoms with Crippen LogP contribution in [0.15, 0.2) is 53.4 Å². The number of thiophene rings is 1. The molecule has 5 nitrogen and oxygen atoms in total. The van der Waals surface area contributed by atoms with Gasteiger partial charge in [-0.2, -0.15) is 4.31 Å². The van der Waals surface area contributed by atoms with E-state index in [2.05, 4.69) is 0 Å². The highest BCUT2D eigenvalue weighted by molar-refractivity contribution is 7.89. The average Bonchev–Trinajstić information content (AvgIpc) is 3.04. The number of sulfonamides is 1. The topological polar surface area (TPSA) is 57.7 Å². The van der Waals surface area contributed by atoms with E-state index in [0.717, 1.165) is 10.1 Å². The molecular formula is C19H16Cl2N2O3S2. The molecule has 0 N–H and O–H groups in total. The zero-order valence-corrected chi connectivity index (χ0v) is 17.8. The summed E-state index contributed by atoms with van der Waals surface area (Å²) >= 11 is 13.7. The molecule has 2 heterocycles. The first-order valence-corrected chi connectivity index (χ1v) is 11.6. The highest BCUT2D eigenvalue weighted by atomic mass is 35.5. The van der Waals surface area contributed by atoms with Gasteiger partial charge in [0.1, 0.15) is 4.88 Å². The molecule has 2 aromatic carbocycles. The van der Waals surface area contributed by atoms with Crippen molar-refractivity contribution in [3.05, 3.63) is 63.5 Å². The lowest BCUT2D eigenvalue weighted by molar-refractivity contribution is 0.0703. The van der Waals surface area contributed by atoms with Crippen molar-refractivity contribution in [1.29, 1.82) is 0 Å². The Kier molecular flexibility index (Phi) is 5.37. The molecule has 0 unspecified atom stereocenters. The van der Waals surface area contributed by atoms with Crippen LogP contribution in [0.25, 0.3) is 10.1 Å². The van der Waals surface area contributed by atoms with Gasteiger partial charge in [-0.15, -0.1) is 11.3 Å². The molecule has 28 heavy (non-hydrogen) atoms. The Morgan fingerprint density at radius 2 is 1.64 bits per heavy atom. The lowest BCUT2D eigenvalue weighted by Crippen LogP contribution is -2.50. The van der Waals surface area contributed by atoms with Crippen molar-refractivity contribution in [2.45, 2.75) is 4.90 Å². The van der Waals surface area contributed by atoms with Crippen LogP contribution in [0, 0.1) is 0 Å². The number of amides is 1. The zero-order chi connectivity index (χ0) is 19.9. The summed E-state index contributed by atoms with van der Waals surface area (Å²) in [5, 5.41) is 1.80. The van der Waals surface area contributed by atoms with E-state index in [4.69, 9.17) is 23.2 Å². The summed E-state index contributed by atoms with van der Waals surface area (Å²) in [6, 6.07) is 13.7. The van der Waals surface area contributed by atoms with Crippen molar-refractivity contribution < 1.29 is 13.2 Å². The molecule has 0 spiro atoms. The van der Waals surface area contributed by atoms with Gasteiger partial charge in [0.15, 0.2) is 0 Å². The summed E-state index contributed by atoms with van der Waals surface area (Å²) in [4.78, 5) is 15.3. The van der Waals surface area contributed by atoms with Gasteiger partial charge in [0, 0.05) is 41.3 Å². The van der Waals surface area contributed by atoms with E-state index >= 15 is 0 Å². The molecule has 3 aromatic rings. The highest BCUT2D eigenvalue weighted by Crippen LogP contribution is 2.37. The predicted octanol–water partition coefficient (Wildman–Crippen LogP) is 4.35. The number of halogens is 2. The maximum Gasteiger partial charge on any atom is 0.265 e. The Morgan fingerprint density at radius 1 is 0.964 bits per heavy atom. The van der Waals surface area contributed by atoms with Crippen LogP contribution < -0.4 is 0 Å². The van der Waals surface area contributed by atoms with Gasteiger partial charge in [0.25, 0.3) is 5.91 Å². The fourth-order valence-electron chi connectivity index (χ4n) is 3.19. The van der Waals surface area contributed by atoms with Gasteiger partial charge < -0.3 is 4.90 Å². The van der Waals surface area contributed by atoms with E-state index in [9.17, 15) is 13.2 Å². The van der Waals surface area contributed by atoms with Gasteiger partial charge in [-0.1, -0.05) is 47.5 Å². The van der Waals surface area contributed by atoms with Gasteiger partial charge in [-0.05, 0) is 24.3 Å². The third-order valence-electron chi connectivity index (χ3n) is 4.69. The van der Waals surface area contributed by atoms with E-state index in [1.807, 2.05) is 0 Å². The van der Waals surface area contributed by atoms with Crippen molar-refractivity contribution in [2.24, 2.45) is 0 Å². The molecular weight excluding hydrogens is 439 g/mol. The average molecular weight is 455 g/mol. The first kappa shape index (κ1) is 19.7. The predicted molar refractivity (Wildman–Crippen MR) is 113 cm³/mol. The van der Waals surface area contributed by atoms with Crippen LogP contribution in [0.1, 0.15) is 9.67 Å². The molecule has 0 aliphatic carbocycles. The summed E-state index contributed by atoms with van der Waals surface area (Å²) in [7, 11) is -3.55. The molecule has 1 fully saturated rings. The third kappa shape index (κ3) is 3.53. The Labute approximate surface area is 177 Å². The van der Waals surface area contributed by atoms with Crippen LogP contribution in [-0.2, 0) is 10.0 Å². The van der Waals surface area contributed by atoms with Gasteiger partial charge in [-0.3, -0.25) is 4.79 Å². The second-order valence-electron chi connectivity index (χ2n) is 6.39. The number of rotatable bonds is 3. The molecule has 1 aliphatic rings. The summed E-state index contributed by atoms with van der Waals surface area (Å²) in [6.07, 6.45) is 0. The van der Waals surface area contributed by atoms with E-state index in [1.165, 1.54) is 15.6 Å². The number of nitrogens with zero attached hydrogens (tertiary/aromatic N) is 2. The van der Waals surface area contributed by atoms with Crippen molar-refractivity contribution in [3.8, 4) is 0 Å². The molecule has 0 radical (unpaired) electrons. The van der Waals surface area contributed by atoms with Gasteiger partial charge in [-0.25, -0.2) is 8.42 Å². The summed E-state index contributed by atoms with van der Waals surface area (Å²) < 4.78 is 27.7. The smallest absolute Gasteiger partial charge is 0.265 e. The van der Waals surface area contributed by atoms with Crippen molar-refractivity contribution in [3.63, 3.8) is 0 Å². The number of carbonyl (C=O) groups is 1. The maximum absolute atomic E-state index is 13.0. The largest absolute Gasteiger partial charge is 0.335 e. The lowest BCUT2D eigenvalue weighted by Gasteiger charge is -2.33.